The van der Waals surface area contributed by atoms with E-state index in [9.17, 15) is 9.59 Å². The lowest BCUT2D eigenvalue weighted by atomic mass is 10.0. The molecule has 124 valence electrons. The van der Waals surface area contributed by atoms with Crippen molar-refractivity contribution in [2.45, 2.75) is 12.8 Å². The molecule has 2 aromatic rings. The monoisotopic (exact) mass is 325 g/mol. The standard InChI is InChI=1S/C19H19NO4/c1-23-16-9-4-7-15(12-16)19(22)24-13-18(21)20-11-5-8-14-6-2-3-10-17(14)20/h2-4,6-7,9-10,12H,5,8,11,13H2,1H3. The van der Waals surface area contributed by atoms with Crippen molar-refractivity contribution >= 4 is 17.6 Å². The first-order chi connectivity index (χ1) is 11.7. The van der Waals surface area contributed by atoms with Crippen LogP contribution in [0, 0.1) is 0 Å². The van der Waals surface area contributed by atoms with Crippen LogP contribution in [0.4, 0.5) is 5.69 Å². The summed E-state index contributed by atoms with van der Waals surface area (Å²) in [6.07, 6.45) is 1.87. The van der Waals surface area contributed by atoms with Gasteiger partial charge in [-0.2, -0.15) is 0 Å². The molecule has 2 aromatic carbocycles. The smallest absolute Gasteiger partial charge is 0.338 e. The summed E-state index contributed by atoms with van der Waals surface area (Å²) in [5.41, 5.74) is 2.42. The summed E-state index contributed by atoms with van der Waals surface area (Å²) in [6.45, 7) is 0.372. The number of methoxy groups -OCH3 is 1. The summed E-state index contributed by atoms with van der Waals surface area (Å²) in [5, 5.41) is 0. The van der Waals surface area contributed by atoms with Crippen LogP contribution in [0.15, 0.2) is 48.5 Å². The number of benzene rings is 2. The number of esters is 1. The van der Waals surface area contributed by atoms with Crippen molar-refractivity contribution in [1.29, 1.82) is 0 Å². The SMILES string of the molecule is COc1cccc(C(=O)OCC(=O)N2CCCc3ccccc32)c1. The molecule has 1 heterocycles. The van der Waals surface area contributed by atoms with Crippen LogP contribution in [0.3, 0.4) is 0 Å². The number of aryl methyl sites for hydroxylation is 1. The molecule has 24 heavy (non-hydrogen) atoms. The van der Waals surface area contributed by atoms with E-state index in [0.29, 0.717) is 17.9 Å². The Morgan fingerprint density at radius 1 is 1.12 bits per heavy atom. The third kappa shape index (κ3) is 3.40. The second kappa shape index (κ2) is 7.17. The van der Waals surface area contributed by atoms with Gasteiger partial charge in [0.05, 0.1) is 12.7 Å². The van der Waals surface area contributed by atoms with Gasteiger partial charge in [-0.25, -0.2) is 4.79 Å². The van der Waals surface area contributed by atoms with Crippen molar-refractivity contribution in [2.24, 2.45) is 0 Å². The number of carbonyl (C=O) groups excluding carboxylic acids is 2. The maximum Gasteiger partial charge on any atom is 0.338 e. The summed E-state index contributed by atoms with van der Waals surface area (Å²) >= 11 is 0. The predicted octanol–water partition coefficient (Wildman–Crippen LogP) is 2.83. The Morgan fingerprint density at radius 3 is 2.79 bits per heavy atom. The number of carbonyl (C=O) groups is 2. The van der Waals surface area contributed by atoms with Crippen LogP contribution in [-0.2, 0) is 16.0 Å². The average molecular weight is 325 g/mol. The minimum absolute atomic E-state index is 0.210. The molecule has 0 aromatic heterocycles. The number of hydrogen-bond acceptors (Lipinski definition) is 4. The van der Waals surface area contributed by atoms with Crippen molar-refractivity contribution < 1.29 is 19.1 Å². The van der Waals surface area contributed by atoms with Gasteiger partial charge in [0.1, 0.15) is 5.75 Å². The van der Waals surface area contributed by atoms with Crippen LogP contribution in [0.1, 0.15) is 22.3 Å². The van der Waals surface area contributed by atoms with Crippen LogP contribution in [-0.4, -0.2) is 32.1 Å². The molecule has 0 saturated carbocycles. The van der Waals surface area contributed by atoms with Gasteiger partial charge in [-0.15, -0.1) is 0 Å². The van der Waals surface area contributed by atoms with Gasteiger partial charge >= 0.3 is 5.97 Å². The quantitative estimate of drug-likeness (QED) is 0.811. The van der Waals surface area contributed by atoms with Gasteiger partial charge in [0.2, 0.25) is 0 Å². The van der Waals surface area contributed by atoms with Crippen molar-refractivity contribution in [3.05, 3.63) is 59.7 Å². The largest absolute Gasteiger partial charge is 0.497 e. The van der Waals surface area contributed by atoms with Gasteiger partial charge in [0.15, 0.2) is 6.61 Å². The van der Waals surface area contributed by atoms with Gasteiger partial charge in [-0.05, 0) is 42.7 Å². The van der Waals surface area contributed by atoms with Gasteiger partial charge in [0, 0.05) is 12.2 Å². The first-order valence-corrected chi connectivity index (χ1v) is 7.88. The zero-order chi connectivity index (χ0) is 16.9. The Balaban J connectivity index is 1.65. The maximum atomic E-state index is 12.4. The number of rotatable bonds is 4. The van der Waals surface area contributed by atoms with Gasteiger partial charge in [0.25, 0.3) is 5.91 Å². The molecule has 1 amide bonds. The molecule has 5 heteroatoms. The Labute approximate surface area is 140 Å². The minimum atomic E-state index is -0.535. The molecule has 3 rings (SSSR count). The summed E-state index contributed by atoms with van der Waals surface area (Å²) in [5.74, 6) is -0.174. The predicted molar refractivity (Wildman–Crippen MR) is 90.4 cm³/mol. The van der Waals surface area contributed by atoms with Crippen LogP contribution in [0.2, 0.25) is 0 Å². The highest BCUT2D eigenvalue weighted by atomic mass is 16.5. The Bertz CT molecular complexity index is 757. The zero-order valence-corrected chi connectivity index (χ0v) is 13.5. The number of fused-ring (bicyclic) bond motifs is 1. The number of hydrogen-bond donors (Lipinski definition) is 0. The van der Waals surface area contributed by atoms with E-state index >= 15 is 0 Å². The summed E-state index contributed by atoms with van der Waals surface area (Å²) in [4.78, 5) is 26.2. The fraction of sp³-hybridized carbons (Fsp3) is 0.263. The van der Waals surface area contributed by atoms with E-state index in [4.69, 9.17) is 9.47 Å². The molecule has 5 nitrogen and oxygen atoms in total. The van der Waals surface area contributed by atoms with Gasteiger partial charge < -0.3 is 14.4 Å². The van der Waals surface area contributed by atoms with E-state index < -0.39 is 5.97 Å². The van der Waals surface area contributed by atoms with E-state index in [0.717, 1.165) is 24.1 Å². The molecule has 0 unspecified atom stereocenters. The normalized spacial score (nSPS) is 13.1. The van der Waals surface area contributed by atoms with Crippen LogP contribution < -0.4 is 9.64 Å². The molecule has 0 saturated heterocycles. The summed E-state index contributed by atoms with van der Waals surface area (Å²) in [6, 6.07) is 14.5. The number of anilines is 1. The van der Waals surface area contributed by atoms with Crippen molar-refractivity contribution in [1.82, 2.24) is 0 Å². The second-order valence-electron chi connectivity index (χ2n) is 5.59. The minimum Gasteiger partial charge on any atom is -0.497 e. The fourth-order valence-corrected chi connectivity index (χ4v) is 2.83. The molecular weight excluding hydrogens is 306 g/mol. The Morgan fingerprint density at radius 2 is 1.96 bits per heavy atom. The number of nitrogens with zero attached hydrogens (tertiary/aromatic N) is 1. The topological polar surface area (TPSA) is 55.8 Å². The van der Waals surface area contributed by atoms with Gasteiger partial charge in [-0.1, -0.05) is 24.3 Å². The maximum absolute atomic E-state index is 12.4. The molecule has 1 aliphatic rings. The number of ether oxygens (including phenoxy) is 2. The third-order valence-electron chi connectivity index (χ3n) is 4.04. The highest BCUT2D eigenvalue weighted by Gasteiger charge is 2.23. The molecule has 1 aliphatic heterocycles. The van der Waals surface area contributed by atoms with E-state index in [1.807, 2.05) is 24.3 Å². The summed E-state index contributed by atoms with van der Waals surface area (Å²) < 4.78 is 10.3. The molecule has 0 spiro atoms. The first-order valence-electron chi connectivity index (χ1n) is 7.88. The molecule has 0 N–H and O–H groups in total. The lowest BCUT2D eigenvalue weighted by Crippen LogP contribution is -2.38. The molecule has 0 radical (unpaired) electrons. The van der Waals surface area contributed by atoms with Crippen molar-refractivity contribution in [3.63, 3.8) is 0 Å². The van der Waals surface area contributed by atoms with E-state index in [1.165, 1.54) is 7.11 Å². The summed E-state index contributed by atoms with van der Waals surface area (Å²) in [7, 11) is 1.53. The third-order valence-corrected chi connectivity index (χ3v) is 4.04. The van der Waals surface area contributed by atoms with Crippen molar-refractivity contribution in [3.8, 4) is 5.75 Å². The highest BCUT2D eigenvalue weighted by Crippen LogP contribution is 2.26. The lowest BCUT2D eigenvalue weighted by Gasteiger charge is -2.29. The zero-order valence-electron chi connectivity index (χ0n) is 13.5. The Kier molecular flexibility index (Phi) is 4.79. The average Bonchev–Trinajstić information content (AvgIpc) is 2.65. The van der Waals surface area contributed by atoms with E-state index in [2.05, 4.69) is 0 Å². The van der Waals surface area contributed by atoms with Gasteiger partial charge in [-0.3, -0.25) is 4.79 Å². The molecular formula is C19H19NO4. The van der Waals surface area contributed by atoms with Crippen LogP contribution in [0.25, 0.3) is 0 Å². The number of para-hydroxylation sites is 1. The highest BCUT2D eigenvalue weighted by molar-refractivity contribution is 5.98. The molecule has 0 aliphatic carbocycles. The molecule has 0 atom stereocenters. The molecule has 0 bridgehead atoms. The van der Waals surface area contributed by atoms with E-state index in [1.54, 1.807) is 29.2 Å². The van der Waals surface area contributed by atoms with Crippen LogP contribution in [0.5, 0.6) is 5.75 Å². The number of amides is 1. The molecule has 0 fully saturated rings. The first kappa shape index (κ1) is 16.1. The Hall–Kier alpha value is -2.82. The second-order valence-corrected chi connectivity index (χ2v) is 5.59. The van der Waals surface area contributed by atoms with Crippen LogP contribution >= 0.6 is 0 Å². The van der Waals surface area contributed by atoms with Crippen molar-refractivity contribution in [2.75, 3.05) is 25.2 Å². The van der Waals surface area contributed by atoms with E-state index in [-0.39, 0.29) is 12.5 Å². The lowest BCUT2D eigenvalue weighted by molar-refractivity contribution is -0.121. The fourth-order valence-electron chi connectivity index (χ4n) is 2.83.